The minimum absolute atomic E-state index is 0.434. The molecule has 0 bridgehead atoms. The lowest BCUT2D eigenvalue weighted by atomic mass is 10.0. The van der Waals surface area contributed by atoms with Crippen LogP contribution in [0.5, 0.6) is 0 Å². The number of rotatable bonds is 6. The van der Waals surface area contributed by atoms with E-state index < -0.39 is 0 Å². The summed E-state index contributed by atoms with van der Waals surface area (Å²) < 4.78 is 0. The van der Waals surface area contributed by atoms with Crippen molar-refractivity contribution < 1.29 is 4.79 Å². The van der Waals surface area contributed by atoms with Crippen LogP contribution in [-0.2, 0) is 11.2 Å². The highest BCUT2D eigenvalue weighted by atomic mass is 16.1. The Hall–Kier alpha value is -3.14. The number of pyridine rings is 1. The van der Waals surface area contributed by atoms with Gasteiger partial charge in [-0.1, -0.05) is 30.3 Å². The van der Waals surface area contributed by atoms with Gasteiger partial charge >= 0.3 is 0 Å². The van der Waals surface area contributed by atoms with Gasteiger partial charge in [-0.2, -0.15) is 0 Å². The van der Waals surface area contributed by atoms with E-state index in [4.69, 9.17) is 0 Å². The number of aromatic nitrogens is 1. The predicted molar refractivity (Wildman–Crippen MR) is 103 cm³/mol. The van der Waals surface area contributed by atoms with E-state index in [1.807, 2.05) is 68.8 Å². The number of benzene rings is 2. The molecule has 0 radical (unpaired) electrons. The van der Waals surface area contributed by atoms with Gasteiger partial charge in [0.15, 0.2) is 0 Å². The first-order valence-electron chi connectivity index (χ1n) is 8.19. The molecule has 126 valence electrons. The first-order valence-corrected chi connectivity index (χ1v) is 8.19. The van der Waals surface area contributed by atoms with Crippen molar-refractivity contribution in [3.8, 4) is 11.1 Å². The molecule has 0 aliphatic rings. The maximum absolute atomic E-state index is 10.7. The normalized spacial score (nSPS) is 10.3. The van der Waals surface area contributed by atoms with Crippen LogP contribution in [0.3, 0.4) is 0 Å². The van der Waals surface area contributed by atoms with E-state index in [-0.39, 0.29) is 0 Å². The average molecular weight is 331 g/mol. The van der Waals surface area contributed by atoms with Crippen molar-refractivity contribution in [2.45, 2.75) is 6.42 Å². The molecule has 4 nitrogen and oxygen atoms in total. The fourth-order valence-electron chi connectivity index (χ4n) is 2.62. The van der Waals surface area contributed by atoms with Crippen LogP contribution < -0.4 is 10.2 Å². The van der Waals surface area contributed by atoms with Crippen molar-refractivity contribution in [1.29, 1.82) is 0 Å². The molecule has 2 aromatic carbocycles. The molecule has 0 fully saturated rings. The van der Waals surface area contributed by atoms with Crippen molar-refractivity contribution >= 4 is 23.5 Å². The second-order valence-electron chi connectivity index (χ2n) is 6.07. The molecular formula is C21H21N3O. The third-order valence-electron chi connectivity index (χ3n) is 3.98. The molecule has 0 aliphatic heterocycles. The zero-order valence-corrected chi connectivity index (χ0v) is 14.4. The second-order valence-corrected chi connectivity index (χ2v) is 6.07. The molecular weight excluding hydrogens is 310 g/mol. The highest BCUT2D eigenvalue weighted by Crippen LogP contribution is 2.24. The predicted octanol–water partition coefficient (Wildman–Crippen LogP) is 4.30. The third kappa shape index (κ3) is 4.23. The zero-order chi connectivity index (χ0) is 17.6. The van der Waals surface area contributed by atoms with Crippen LogP contribution in [-0.4, -0.2) is 25.4 Å². The van der Waals surface area contributed by atoms with Gasteiger partial charge < -0.3 is 15.0 Å². The first kappa shape index (κ1) is 16.7. The first-order chi connectivity index (χ1) is 12.2. The maximum atomic E-state index is 10.7. The summed E-state index contributed by atoms with van der Waals surface area (Å²) in [5.41, 5.74) is 5.23. The fourth-order valence-corrected chi connectivity index (χ4v) is 2.62. The average Bonchev–Trinajstić information content (AvgIpc) is 2.63. The van der Waals surface area contributed by atoms with Gasteiger partial charge in [0.25, 0.3) is 0 Å². The lowest BCUT2D eigenvalue weighted by Gasteiger charge is -2.14. The highest BCUT2D eigenvalue weighted by Gasteiger charge is 2.03. The highest BCUT2D eigenvalue weighted by molar-refractivity contribution is 5.68. The minimum Gasteiger partial charge on any atom is -0.378 e. The summed E-state index contributed by atoms with van der Waals surface area (Å²) >= 11 is 0. The van der Waals surface area contributed by atoms with Crippen molar-refractivity contribution in [1.82, 2.24) is 4.98 Å². The molecule has 1 N–H and O–H groups in total. The molecule has 0 saturated heterocycles. The van der Waals surface area contributed by atoms with E-state index in [1.54, 1.807) is 0 Å². The number of carbonyl (C=O) groups excluding carboxylic acids is 1. The Kier molecular flexibility index (Phi) is 5.09. The number of hydrogen-bond donors (Lipinski definition) is 1. The summed E-state index contributed by atoms with van der Waals surface area (Å²) in [5, 5.41) is 3.33. The van der Waals surface area contributed by atoms with E-state index in [9.17, 15) is 4.79 Å². The quantitative estimate of drug-likeness (QED) is 0.684. The zero-order valence-electron chi connectivity index (χ0n) is 14.4. The molecule has 0 aliphatic carbocycles. The Labute approximate surface area is 148 Å². The summed E-state index contributed by atoms with van der Waals surface area (Å²) in [6, 6.07) is 20.2. The van der Waals surface area contributed by atoms with Crippen molar-refractivity contribution in [2.24, 2.45) is 0 Å². The van der Waals surface area contributed by atoms with Gasteiger partial charge in [-0.05, 0) is 41.5 Å². The van der Waals surface area contributed by atoms with Crippen LogP contribution in [0.15, 0.2) is 66.9 Å². The Morgan fingerprint density at radius 2 is 1.84 bits per heavy atom. The van der Waals surface area contributed by atoms with E-state index in [0.717, 1.165) is 40.2 Å². The summed E-state index contributed by atoms with van der Waals surface area (Å²) in [6.45, 7) is 0. The molecule has 0 amide bonds. The number of carbonyl (C=O) groups is 1. The van der Waals surface area contributed by atoms with E-state index in [0.29, 0.717) is 6.42 Å². The minimum atomic E-state index is 0.434. The van der Waals surface area contributed by atoms with Crippen LogP contribution in [0.1, 0.15) is 5.56 Å². The van der Waals surface area contributed by atoms with Crippen molar-refractivity contribution in [3.05, 3.63) is 72.4 Å². The monoisotopic (exact) mass is 331 g/mol. The largest absolute Gasteiger partial charge is 0.378 e. The molecule has 4 heteroatoms. The molecule has 25 heavy (non-hydrogen) atoms. The van der Waals surface area contributed by atoms with Crippen LogP contribution in [0, 0.1) is 0 Å². The smallest absolute Gasteiger partial charge is 0.130 e. The van der Waals surface area contributed by atoms with Crippen LogP contribution in [0.25, 0.3) is 11.1 Å². The molecule has 0 saturated carbocycles. The molecule has 0 spiro atoms. The molecule has 3 rings (SSSR count). The Morgan fingerprint density at radius 1 is 1.00 bits per heavy atom. The molecule has 1 heterocycles. The number of anilines is 3. The summed E-state index contributed by atoms with van der Waals surface area (Å²) in [5.74, 6) is 0.795. The Morgan fingerprint density at radius 3 is 2.56 bits per heavy atom. The molecule has 1 aromatic heterocycles. The Bertz CT molecular complexity index is 857. The molecule has 3 aromatic rings. The Balaban J connectivity index is 1.77. The second kappa shape index (κ2) is 7.62. The van der Waals surface area contributed by atoms with E-state index in [2.05, 4.69) is 27.3 Å². The van der Waals surface area contributed by atoms with Crippen LogP contribution in [0.4, 0.5) is 17.2 Å². The molecule has 0 unspecified atom stereocenters. The lowest BCUT2D eigenvalue weighted by Crippen LogP contribution is -2.08. The van der Waals surface area contributed by atoms with Crippen LogP contribution >= 0.6 is 0 Å². The number of nitrogens with one attached hydrogen (secondary N) is 1. The lowest BCUT2D eigenvalue weighted by molar-refractivity contribution is -0.107. The maximum Gasteiger partial charge on any atom is 0.130 e. The van der Waals surface area contributed by atoms with Crippen molar-refractivity contribution in [2.75, 3.05) is 24.3 Å². The van der Waals surface area contributed by atoms with Gasteiger partial charge in [0.2, 0.25) is 0 Å². The topological polar surface area (TPSA) is 45.2 Å². The van der Waals surface area contributed by atoms with Crippen molar-refractivity contribution in [3.63, 3.8) is 0 Å². The van der Waals surface area contributed by atoms with Gasteiger partial charge in [0, 0.05) is 43.7 Å². The standard InChI is InChI=1S/C21H21N3O/c1-24(2)20-8-4-7-19(14-20)23-21-10-9-18(15-22-21)17-6-3-5-16(13-17)11-12-25/h3-10,12-15H,11H2,1-2H3,(H,22,23). The van der Waals surface area contributed by atoms with E-state index in [1.165, 1.54) is 0 Å². The van der Waals surface area contributed by atoms with Gasteiger partial charge in [-0.3, -0.25) is 0 Å². The molecule has 0 atom stereocenters. The summed E-state index contributed by atoms with van der Waals surface area (Å²) in [6.07, 6.45) is 3.20. The van der Waals surface area contributed by atoms with Gasteiger partial charge in [-0.15, -0.1) is 0 Å². The summed E-state index contributed by atoms with van der Waals surface area (Å²) in [7, 11) is 4.04. The summed E-state index contributed by atoms with van der Waals surface area (Å²) in [4.78, 5) is 17.3. The number of aldehydes is 1. The SMILES string of the molecule is CN(C)c1cccc(Nc2ccc(-c3cccc(CC=O)c3)cn2)c1. The van der Waals surface area contributed by atoms with E-state index >= 15 is 0 Å². The van der Waals surface area contributed by atoms with Gasteiger partial charge in [-0.25, -0.2) is 4.98 Å². The third-order valence-corrected chi connectivity index (χ3v) is 3.98. The number of nitrogens with zero attached hydrogens (tertiary/aromatic N) is 2. The fraction of sp³-hybridized carbons (Fsp3) is 0.143. The van der Waals surface area contributed by atoms with Gasteiger partial charge in [0.05, 0.1) is 0 Å². The number of hydrogen-bond acceptors (Lipinski definition) is 4. The van der Waals surface area contributed by atoms with Crippen LogP contribution in [0.2, 0.25) is 0 Å². The van der Waals surface area contributed by atoms with Gasteiger partial charge in [0.1, 0.15) is 12.1 Å².